The van der Waals surface area contributed by atoms with Crippen LogP contribution in [0.25, 0.3) is 22.2 Å². The van der Waals surface area contributed by atoms with Gasteiger partial charge in [-0.1, -0.05) is 43.7 Å². The molecule has 0 atom stereocenters. The fraction of sp³-hybridized carbons (Fsp3) is 0.278. The molecule has 0 unspecified atom stereocenters. The Hall–Kier alpha value is -2.69. The topological polar surface area (TPSA) is 68.0 Å². The third-order valence-corrected chi connectivity index (χ3v) is 3.60. The van der Waals surface area contributed by atoms with E-state index in [1.165, 1.54) is 0 Å². The van der Waals surface area contributed by atoms with E-state index in [9.17, 15) is 4.79 Å². The van der Waals surface area contributed by atoms with Crippen molar-refractivity contribution in [3.63, 3.8) is 0 Å². The van der Waals surface area contributed by atoms with Crippen molar-refractivity contribution in [1.29, 1.82) is 0 Å². The zero-order valence-electron chi connectivity index (χ0n) is 13.3. The molecule has 2 heterocycles. The number of nitrogens with zero attached hydrogens (tertiary/aromatic N) is 2. The molecule has 0 aliphatic rings. The maximum atomic E-state index is 12.3. The first kappa shape index (κ1) is 15.2. The maximum Gasteiger partial charge on any atom is 0.347 e. The van der Waals surface area contributed by atoms with Crippen LogP contribution in [0.3, 0.4) is 0 Å². The Morgan fingerprint density at radius 2 is 1.96 bits per heavy atom. The van der Waals surface area contributed by atoms with E-state index in [1.54, 1.807) is 13.0 Å². The normalized spacial score (nSPS) is 10.9. The van der Waals surface area contributed by atoms with Gasteiger partial charge < -0.3 is 9.73 Å². The van der Waals surface area contributed by atoms with Crippen LogP contribution in [0, 0.1) is 6.92 Å². The Morgan fingerprint density at radius 1 is 1.17 bits per heavy atom. The second-order valence-corrected chi connectivity index (χ2v) is 5.45. The molecule has 1 aromatic carbocycles. The van der Waals surface area contributed by atoms with Gasteiger partial charge in [-0.2, -0.15) is 0 Å². The van der Waals surface area contributed by atoms with Crippen LogP contribution in [0.1, 0.15) is 25.5 Å². The summed E-state index contributed by atoms with van der Waals surface area (Å²) in [6, 6.07) is 11.4. The lowest BCUT2D eigenvalue weighted by molar-refractivity contribution is 0.488. The predicted octanol–water partition coefficient (Wildman–Crippen LogP) is 3.77. The van der Waals surface area contributed by atoms with Crippen LogP contribution in [0.4, 0.5) is 5.95 Å². The highest BCUT2D eigenvalue weighted by molar-refractivity contribution is 5.92. The molecule has 0 saturated carbocycles. The number of aryl methyl sites for hydroxylation is 1. The zero-order valence-corrected chi connectivity index (χ0v) is 13.3. The summed E-state index contributed by atoms with van der Waals surface area (Å²) < 4.78 is 5.23. The van der Waals surface area contributed by atoms with Gasteiger partial charge in [0, 0.05) is 18.2 Å². The Balaban J connectivity index is 2.20. The molecule has 5 heteroatoms. The minimum absolute atomic E-state index is 0.404. The molecule has 5 nitrogen and oxygen atoms in total. The number of hydrogen-bond donors (Lipinski definition) is 1. The fourth-order valence-corrected chi connectivity index (χ4v) is 2.46. The van der Waals surface area contributed by atoms with E-state index < -0.39 is 5.63 Å². The summed E-state index contributed by atoms with van der Waals surface area (Å²) in [5, 5.41) is 3.65. The van der Waals surface area contributed by atoms with Crippen LogP contribution < -0.4 is 10.9 Å². The van der Waals surface area contributed by atoms with Gasteiger partial charge in [0.25, 0.3) is 0 Å². The molecular weight excluding hydrogens is 290 g/mol. The Labute approximate surface area is 134 Å². The Kier molecular flexibility index (Phi) is 4.37. The number of hydrogen-bond acceptors (Lipinski definition) is 5. The molecular formula is C18H19N3O2. The van der Waals surface area contributed by atoms with Crippen LogP contribution in [0.2, 0.25) is 0 Å². The van der Waals surface area contributed by atoms with Gasteiger partial charge in [-0.05, 0) is 13.3 Å². The van der Waals surface area contributed by atoms with Gasteiger partial charge in [0.1, 0.15) is 11.1 Å². The average molecular weight is 309 g/mol. The SMILES string of the molecule is CCCCNc1nc(-c2ccccc2)c2c(=O)oc(C)cc2n1. The van der Waals surface area contributed by atoms with E-state index in [4.69, 9.17) is 4.42 Å². The standard InChI is InChI=1S/C18H19N3O2/c1-3-4-10-19-18-20-14-11-12(2)23-17(22)15(14)16(21-18)13-8-6-5-7-9-13/h5-9,11H,3-4,10H2,1-2H3,(H,19,20,21). The van der Waals surface area contributed by atoms with E-state index in [-0.39, 0.29) is 0 Å². The van der Waals surface area contributed by atoms with Gasteiger partial charge in [0.15, 0.2) is 0 Å². The van der Waals surface area contributed by atoms with Crippen LogP contribution in [-0.2, 0) is 0 Å². The second-order valence-electron chi connectivity index (χ2n) is 5.45. The molecule has 118 valence electrons. The molecule has 1 N–H and O–H groups in total. The summed E-state index contributed by atoms with van der Waals surface area (Å²) >= 11 is 0. The van der Waals surface area contributed by atoms with Crippen molar-refractivity contribution in [2.75, 3.05) is 11.9 Å². The van der Waals surface area contributed by atoms with Gasteiger partial charge in [-0.15, -0.1) is 0 Å². The molecule has 0 aliphatic heterocycles. The Bertz CT molecular complexity index is 873. The van der Waals surface area contributed by atoms with Gasteiger partial charge in [0.05, 0.1) is 11.2 Å². The van der Waals surface area contributed by atoms with Gasteiger partial charge in [-0.3, -0.25) is 0 Å². The highest BCUT2D eigenvalue weighted by atomic mass is 16.4. The largest absolute Gasteiger partial charge is 0.428 e. The Morgan fingerprint density at radius 3 is 2.70 bits per heavy atom. The van der Waals surface area contributed by atoms with Crippen molar-refractivity contribution in [2.24, 2.45) is 0 Å². The second kappa shape index (κ2) is 6.60. The smallest absolute Gasteiger partial charge is 0.347 e. The van der Waals surface area contributed by atoms with Crippen LogP contribution in [0.15, 0.2) is 45.6 Å². The average Bonchev–Trinajstić information content (AvgIpc) is 2.54. The quantitative estimate of drug-likeness (QED) is 0.727. The summed E-state index contributed by atoms with van der Waals surface area (Å²) in [6.45, 7) is 4.68. The molecule has 0 radical (unpaired) electrons. The van der Waals surface area contributed by atoms with Crippen molar-refractivity contribution >= 4 is 16.9 Å². The van der Waals surface area contributed by atoms with Crippen molar-refractivity contribution < 1.29 is 4.42 Å². The highest BCUT2D eigenvalue weighted by Crippen LogP contribution is 2.25. The monoisotopic (exact) mass is 309 g/mol. The molecule has 0 saturated heterocycles. The zero-order chi connectivity index (χ0) is 16.2. The summed E-state index contributed by atoms with van der Waals surface area (Å²) in [6.07, 6.45) is 2.13. The number of unbranched alkanes of at least 4 members (excludes halogenated alkanes) is 1. The lowest BCUT2D eigenvalue weighted by Gasteiger charge is -2.09. The summed E-state index contributed by atoms with van der Waals surface area (Å²) in [4.78, 5) is 21.3. The van der Waals surface area contributed by atoms with Crippen molar-refractivity contribution in [2.45, 2.75) is 26.7 Å². The predicted molar refractivity (Wildman–Crippen MR) is 91.6 cm³/mol. The van der Waals surface area contributed by atoms with Crippen molar-refractivity contribution in [1.82, 2.24) is 9.97 Å². The maximum absolute atomic E-state index is 12.3. The lowest BCUT2D eigenvalue weighted by atomic mass is 10.1. The molecule has 23 heavy (non-hydrogen) atoms. The van der Waals surface area contributed by atoms with Gasteiger partial charge in [-0.25, -0.2) is 14.8 Å². The molecule has 0 bridgehead atoms. The number of fused-ring (bicyclic) bond motifs is 1. The number of aromatic nitrogens is 2. The van der Waals surface area contributed by atoms with Crippen LogP contribution in [-0.4, -0.2) is 16.5 Å². The summed E-state index contributed by atoms with van der Waals surface area (Å²) in [5.41, 5.74) is 1.67. The van der Waals surface area contributed by atoms with E-state index in [2.05, 4.69) is 22.2 Å². The van der Waals surface area contributed by atoms with Crippen LogP contribution in [0.5, 0.6) is 0 Å². The minimum Gasteiger partial charge on any atom is -0.428 e. The lowest BCUT2D eigenvalue weighted by Crippen LogP contribution is -2.10. The molecule has 3 rings (SSSR count). The molecule has 0 aliphatic carbocycles. The molecule has 3 aromatic rings. The molecule has 0 spiro atoms. The third-order valence-electron chi connectivity index (χ3n) is 3.60. The van der Waals surface area contributed by atoms with Crippen molar-refractivity contribution in [3.8, 4) is 11.3 Å². The number of nitrogens with one attached hydrogen (secondary N) is 1. The first-order valence-electron chi connectivity index (χ1n) is 7.81. The number of benzene rings is 1. The number of rotatable bonds is 5. The van der Waals surface area contributed by atoms with Crippen molar-refractivity contribution in [3.05, 3.63) is 52.6 Å². The first-order chi connectivity index (χ1) is 11.2. The molecule has 2 aromatic heterocycles. The van der Waals surface area contributed by atoms with E-state index in [1.807, 2.05) is 30.3 Å². The molecule has 0 amide bonds. The minimum atomic E-state index is -0.404. The van der Waals surface area contributed by atoms with E-state index in [0.717, 1.165) is 24.9 Å². The van der Waals surface area contributed by atoms with E-state index in [0.29, 0.717) is 28.3 Å². The number of anilines is 1. The summed E-state index contributed by atoms with van der Waals surface area (Å²) in [7, 11) is 0. The third kappa shape index (κ3) is 3.23. The van der Waals surface area contributed by atoms with E-state index >= 15 is 0 Å². The molecule has 0 fully saturated rings. The van der Waals surface area contributed by atoms with Gasteiger partial charge in [0.2, 0.25) is 5.95 Å². The van der Waals surface area contributed by atoms with Gasteiger partial charge >= 0.3 is 5.63 Å². The first-order valence-corrected chi connectivity index (χ1v) is 7.81. The fourth-order valence-electron chi connectivity index (χ4n) is 2.46. The van der Waals surface area contributed by atoms with Crippen LogP contribution >= 0.6 is 0 Å². The summed E-state index contributed by atoms with van der Waals surface area (Å²) in [5.74, 6) is 1.08. The highest BCUT2D eigenvalue weighted by Gasteiger charge is 2.14.